The van der Waals surface area contributed by atoms with Gasteiger partial charge in [0.15, 0.2) is 0 Å². The van der Waals surface area contributed by atoms with Gasteiger partial charge in [0.1, 0.15) is 17.5 Å². The van der Waals surface area contributed by atoms with E-state index in [1.165, 1.54) is 18.5 Å². The van der Waals surface area contributed by atoms with Gasteiger partial charge in [-0.2, -0.15) is 18.2 Å². The molecule has 0 fully saturated rings. The standard InChI is InChI=1S/C6H7F3N4.C4H4ClN3/c7-6(8,9)3-12-4-1-2-11-5(10)13-4;5-3-1-2-7-4(6)8-3/h1-2H,3H2,(H3,10,11,12,13);1-2H,(H2,6,7,8). The van der Waals surface area contributed by atoms with Crippen LogP contribution in [0, 0.1) is 0 Å². The molecule has 2 aromatic heterocycles. The van der Waals surface area contributed by atoms with E-state index < -0.39 is 12.7 Å². The van der Waals surface area contributed by atoms with Crippen LogP contribution in [0.15, 0.2) is 24.5 Å². The van der Waals surface area contributed by atoms with Crippen molar-refractivity contribution in [3.63, 3.8) is 0 Å². The second-order valence-electron chi connectivity index (χ2n) is 3.51. The van der Waals surface area contributed by atoms with Crippen LogP contribution in [0.5, 0.6) is 0 Å². The number of nitrogens with one attached hydrogen (secondary N) is 1. The van der Waals surface area contributed by atoms with Crippen LogP contribution >= 0.6 is 11.6 Å². The molecule has 2 aromatic rings. The zero-order chi connectivity index (χ0) is 15.9. The van der Waals surface area contributed by atoms with E-state index >= 15 is 0 Å². The summed E-state index contributed by atoms with van der Waals surface area (Å²) in [6, 6.07) is 2.88. The third-order valence-electron chi connectivity index (χ3n) is 1.78. The largest absolute Gasteiger partial charge is 0.405 e. The van der Waals surface area contributed by atoms with E-state index in [4.69, 9.17) is 23.1 Å². The van der Waals surface area contributed by atoms with Crippen molar-refractivity contribution in [1.82, 2.24) is 19.9 Å². The van der Waals surface area contributed by atoms with Gasteiger partial charge >= 0.3 is 6.18 Å². The summed E-state index contributed by atoms with van der Waals surface area (Å²) in [4.78, 5) is 14.3. The maximum atomic E-state index is 11.7. The summed E-state index contributed by atoms with van der Waals surface area (Å²) in [7, 11) is 0. The Hall–Kier alpha value is -2.36. The lowest BCUT2D eigenvalue weighted by Crippen LogP contribution is -2.21. The number of nitrogens with two attached hydrogens (primary N) is 2. The topological polar surface area (TPSA) is 116 Å². The van der Waals surface area contributed by atoms with E-state index in [9.17, 15) is 13.2 Å². The predicted molar refractivity (Wildman–Crippen MR) is 72.4 cm³/mol. The highest BCUT2D eigenvalue weighted by molar-refractivity contribution is 6.29. The Morgan fingerprint density at radius 1 is 1.05 bits per heavy atom. The molecule has 0 saturated heterocycles. The number of anilines is 3. The third-order valence-corrected chi connectivity index (χ3v) is 1.99. The van der Waals surface area contributed by atoms with Gasteiger partial charge in [0.2, 0.25) is 11.9 Å². The van der Waals surface area contributed by atoms with E-state index in [1.807, 2.05) is 0 Å². The molecule has 0 radical (unpaired) electrons. The molecule has 0 aliphatic carbocycles. The van der Waals surface area contributed by atoms with Crippen molar-refractivity contribution in [1.29, 1.82) is 0 Å². The molecule has 0 bridgehead atoms. The van der Waals surface area contributed by atoms with Gasteiger partial charge in [-0.1, -0.05) is 11.6 Å². The van der Waals surface area contributed by atoms with Crippen LogP contribution in [0.25, 0.3) is 0 Å². The van der Waals surface area contributed by atoms with E-state index in [2.05, 4.69) is 25.3 Å². The highest BCUT2D eigenvalue weighted by Crippen LogP contribution is 2.15. The van der Waals surface area contributed by atoms with E-state index in [-0.39, 0.29) is 17.7 Å². The van der Waals surface area contributed by atoms with Crippen LogP contribution < -0.4 is 16.8 Å². The Morgan fingerprint density at radius 3 is 2.05 bits per heavy atom. The first kappa shape index (κ1) is 16.7. The Morgan fingerprint density at radius 2 is 1.62 bits per heavy atom. The summed E-state index contributed by atoms with van der Waals surface area (Å²) in [5, 5.41) is 2.44. The molecule has 0 saturated carbocycles. The molecule has 0 unspecified atom stereocenters. The summed E-state index contributed by atoms with van der Waals surface area (Å²) >= 11 is 5.41. The monoisotopic (exact) mass is 321 g/mol. The first-order valence-electron chi connectivity index (χ1n) is 5.39. The zero-order valence-corrected chi connectivity index (χ0v) is 11.2. The second-order valence-corrected chi connectivity index (χ2v) is 3.89. The van der Waals surface area contributed by atoms with Crippen LogP contribution in [-0.2, 0) is 0 Å². The number of rotatable bonds is 2. The lowest BCUT2D eigenvalue weighted by molar-refractivity contribution is -0.115. The van der Waals surface area contributed by atoms with Gasteiger partial charge in [-0.15, -0.1) is 0 Å². The number of nitrogen functional groups attached to an aromatic ring is 2. The molecule has 2 rings (SSSR count). The van der Waals surface area contributed by atoms with Gasteiger partial charge in [-0.25, -0.2) is 15.0 Å². The lowest BCUT2D eigenvalue weighted by Gasteiger charge is -2.08. The molecule has 5 N–H and O–H groups in total. The van der Waals surface area contributed by atoms with E-state index in [1.54, 1.807) is 6.07 Å². The molecular weight excluding hydrogens is 311 g/mol. The molecule has 114 valence electrons. The first-order valence-corrected chi connectivity index (χ1v) is 5.77. The van der Waals surface area contributed by atoms with Crippen LogP contribution in [0.2, 0.25) is 5.15 Å². The molecule has 0 aromatic carbocycles. The fourth-order valence-corrected chi connectivity index (χ4v) is 1.16. The lowest BCUT2D eigenvalue weighted by atomic mass is 10.5. The zero-order valence-electron chi connectivity index (χ0n) is 10.5. The number of aromatic nitrogens is 4. The average Bonchev–Trinajstić information content (AvgIpc) is 2.36. The van der Waals surface area contributed by atoms with Crippen LogP contribution in [-0.4, -0.2) is 32.7 Å². The quantitative estimate of drug-likeness (QED) is 0.721. The Kier molecular flexibility index (Phi) is 5.91. The number of nitrogens with zero attached hydrogens (tertiary/aromatic N) is 4. The third kappa shape index (κ3) is 7.72. The minimum atomic E-state index is -4.26. The highest BCUT2D eigenvalue weighted by Gasteiger charge is 2.26. The van der Waals surface area contributed by atoms with E-state index in [0.29, 0.717) is 5.15 Å². The molecule has 7 nitrogen and oxygen atoms in total. The van der Waals surface area contributed by atoms with Crippen molar-refractivity contribution >= 4 is 29.3 Å². The maximum absolute atomic E-state index is 11.7. The number of hydrogen-bond donors (Lipinski definition) is 3. The van der Waals surface area contributed by atoms with Gasteiger partial charge in [0.25, 0.3) is 0 Å². The fourth-order valence-electron chi connectivity index (χ4n) is 1.01. The number of hydrogen-bond acceptors (Lipinski definition) is 7. The molecule has 0 atom stereocenters. The fraction of sp³-hybridized carbons (Fsp3) is 0.200. The molecule has 0 amide bonds. The Bertz CT molecular complexity index is 561. The molecule has 2 heterocycles. The summed E-state index contributed by atoms with van der Waals surface area (Å²) in [6.07, 6.45) is -1.48. The summed E-state index contributed by atoms with van der Waals surface area (Å²) in [5.41, 5.74) is 10.3. The van der Waals surface area contributed by atoms with Crippen molar-refractivity contribution in [3.05, 3.63) is 29.7 Å². The summed E-state index contributed by atoms with van der Waals surface area (Å²) < 4.78 is 35.1. The molecule has 11 heteroatoms. The predicted octanol–water partition coefficient (Wildman–Crippen LogP) is 1.75. The molecule has 0 aliphatic rings. The molecule has 21 heavy (non-hydrogen) atoms. The van der Waals surface area contributed by atoms with Crippen molar-refractivity contribution in [2.45, 2.75) is 6.18 Å². The van der Waals surface area contributed by atoms with Crippen molar-refractivity contribution < 1.29 is 13.2 Å². The molecular formula is C10H11ClF3N7. The van der Waals surface area contributed by atoms with Crippen molar-refractivity contribution in [3.8, 4) is 0 Å². The average molecular weight is 322 g/mol. The van der Waals surface area contributed by atoms with E-state index in [0.717, 1.165) is 0 Å². The van der Waals surface area contributed by atoms with Gasteiger partial charge in [0, 0.05) is 12.4 Å². The summed E-state index contributed by atoms with van der Waals surface area (Å²) in [5.74, 6) is 0.203. The first-order chi connectivity index (χ1) is 9.76. The second kappa shape index (κ2) is 7.43. The van der Waals surface area contributed by atoms with Gasteiger partial charge in [-0.05, 0) is 12.1 Å². The number of halogens is 4. The summed E-state index contributed by atoms with van der Waals surface area (Å²) in [6.45, 7) is -1.14. The molecule has 0 spiro atoms. The normalized spacial score (nSPS) is 10.5. The van der Waals surface area contributed by atoms with Crippen molar-refractivity contribution in [2.24, 2.45) is 0 Å². The molecule has 0 aliphatic heterocycles. The van der Waals surface area contributed by atoms with Crippen LogP contribution in [0.3, 0.4) is 0 Å². The number of alkyl halides is 3. The van der Waals surface area contributed by atoms with Crippen molar-refractivity contribution in [2.75, 3.05) is 23.3 Å². The van der Waals surface area contributed by atoms with Gasteiger partial charge < -0.3 is 16.8 Å². The Balaban J connectivity index is 0.000000235. The van der Waals surface area contributed by atoms with Crippen LogP contribution in [0.1, 0.15) is 0 Å². The minimum absolute atomic E-state index is 0.0600. The van der Waals surface area contributed by atoms with Crippen LogP contribution in [0.4, 0.5) is 30.9 Å². The minimum Gasteiger partial charge on any atom is -0.368 e. The van der Waals surface area contributed by atoms with Gasteiger partial charge in [0.05, 0.1) is 0 Å². The van der Waals surface area contributed by atoms with Gasteiger partial charge in [-0.3, -0.25) is 0 Å². The highest BCUT2D eigenvalue weighted by atomic mass is 35.5. The SMILES string of the molecule is Nc1nccc(Cl)n1.Nc1nccc(NCC(F)(F)F)n1. The Labute approximate surface area is 122 Å². The smallest absolute Gasteiger partial charge is 0.368 e. The maximum Gasteiger partial charge on any atom is 0.405 e.